The van der Waals surface area contributed by atoms with Gasteiger partial charge in [-0.1, -0.05) is 12.1 Å². The van der Waals surface area contributed by atoms with Gasteiger partial charge in [0.1, 0.15) is 13.2 Å². The van der Waals surface area contributed by atoms with Crippen LogP contribution in [-0.4, -0.2) is 31.6 Å². The van der Waals surface area contributed by atoms with Crippen molar-refractivity contribution in [1.29, 1.82) is 0 Å². The van der Waals surface area contributed by atoms with Crippen LogP contribution < -0.4 is 19.7 Å². The summed E-state index contributed by atoms with van der Waals surface area (Å²) in [5.74, 6) is 1.37. The van der Waals surface area contributed by atoms with Gasteiger partial charge in [0.25, 0.3) is 5.91 Å². The van der Waals surface area contributed by atoms with Gasteiger partial charge in [-0.25, -0.2) is 0 Å². The van der Waals surface area contributed by atoms with Gasteiger partial charge in [-0.2, -0.15) is 0 Å². The summed E-state index contributed by atoms with van der Waals surface area (Å²) in [4.78, 5) is 26.1. The summed E-state index contributed by atoms with van der Waals surface area (Å²) in [5, 5.41) is 2.91. The van der Waals surface area contributed by atoms with Crippen molar-refractivity contribution in [2.75, 3.05) is 24.7 Å². The lowest BCUT2D eigenvalue weighted by Crippen LogP contribution is -2.26. The standard InChI is InChI=1S/C20H20N2O4/c23-19-5-2-8-22(19)16-4-1-3-15(12-16)20(24)21-13-14-6-7-17-18(11-14)26-10-9-25-17/h1,3-4,6-7,11-12H,2,5,8-10,13H2,(H,21,24). The van der Waals surface area contributed by atoms with Crippen LogP contribution in [0.15, 0.2) is 42.5 Å². The molecule has 6 nitrogen and oxygen atoms in total. The largest absolute Gasteiger partial charge is 0.486 e. The molecular formula is C20H20N2O4. The molecule has 2 aromatic rings. The third kappa shape index (κ3) is 3.35. The van der Waals surface area contributed by atoms with E-state index in [4.69, 9.17) is 9.47 Å². The second-order valence-electron chi connectivity index (χ2n) is 6.36. The minimum atomic E-state index is -0.173. The molecule has 2 heterocycles. The second-order valence-corrected chi connectivity index (χ2v) is 6.36. The maximum Gasteiger partial charge on any atom is 0.251 e. The third-order valence-electron chi connectivity index (χ3n) is 4.55. The minimum Gasteiger partial charge on any atom is -0.486 e. The number of benzene rings is 2. The first kappa shape index (κ1) is 16.4. The van der Waals surface area contributed by atoms with Crippen LogP contribution >= 0.6 is 0 Å². The third-order valence-corrected chi connectivity index (χ3v) is 4.55. The molecule has 2 aliphatic rings. The zero-order valence-electron chi connectivity index (χ0n) is 14.4. The van der Waals surface area contributed by atoms with Crippen LogP contribution in [0.3, 0.4) is 0 Å². The predicted molar refractivity (Wildman–Crippen MR) is 96.6 cm³/mol. The smallest absolute Gasteiger partial charge is 0.251 e. The average molecular weight is 352 g/mol. The van der Waals surface area contributed by atoms with E-state index in [0.717, 1.165) is 23.4 Å². The van der Waals surface area contributed by atoms with Crippen LogP contribution in [0.25, 0.3) is 0 Å². The number of carbonyl (C=O) groups excluding carboxylic acids is 2. The van der Waals surface area contributed by atoms with Crippen LogP contribution in [0, 0.1) is 0 Å². The highest BCUT2D eigenvalue weighted by atomic mass is 16.6. The van der Waals surface area contributed by atoms with E-state index in [0.29, 0.717) is 44.0 Å². The lowest BCUT2D eigenvalue weighted by Gasteiger charge is -2.19. The Bertz CT molecular complexity index is 849. The van der Waals surface area contributed by atoms with Crippen molar-refractivity contribution in [3.05, 3.63) is 53.6 Å². The number of amides is 2. The van der Waals surface area contributed by atoms with Crippen molar-refractivity contribution in [3.63, 3.8) is 0 Å². The van der Waals surface area contributed by atoms with Gasteiger partial charge in [-0.3, -0.25) is 9.59 Å². The molecule has 0 aromatic heterocycles. The number of nitrogens with zero attached hydrogens (tertiary/aromatic N) is 1. The number of anilines is 1. The summed E-state index contributed by atoms with van der Waals surface area (Å²) in [6.45, 7) is 2.19. The molecule has 0 saturated carbocycles. The van der Waals surface area contributed by atoms with E-state index < -0.39 is 0 Å². The molecule has 26 heavy (non-hydrogen) atoms. The Labute approximate surface area is 151 Å². The highest BCUT2D eigenvalue weighted by Crippen LogP contribution is 2.30. The van der Waals surface area contributed by atoms with Gasteiger partial charge in [0.15, 0.2) is 11.5 Å². The molecule has 0 spiro atoms. The molecule has 1 fully saturated rings. The van der Waals surface area contributed by atoms with Crippen LogP contribution in [0.5, 0.6) is 11.5 Å². The number of rotatable bonds is 4. The first-order valence-corrected chi connectivity index (χ1v) is 8.78. The molecule has 4 rings (SSSR count). The topological polar surface area (TPSA) is 67.9 Å². The zero-order valence-corrected chi connectivity index (χ0v) is 14.4. The summed E-state index contributed by atoms with van der Waals surface area (Å²) in [6.07, 6.45) is 1.43. The molecule has 2 aliphatic heterocycles. The highest BCUT2D eigenvalue weighted by Gasteiger charge is 2.22. The molecule has 0 atom stereocenters. The maximum absolute atomic E-state index is 12.5. The predicted octanol–water partition coefficient (Wildman–Crippen LogP) is 2.51. The molecule has 6 heteroatoms. The van der Waals surface area contributed by atoms with E-state index in [-0.39, 0.29) is 11.8 Å². The molecule has 134 valence electrons. The number of carbonyl (C=O) groups is 2. The Hall–Kier alpha value is -3.02. The van der Waals surface area contributed by atoms with E-state index in [1.54, 1.807) is 23.1 Å². The monoisotopic (exact) mass is 352 g/mol. The molecule has 0 bridgehead atoms. The quantitative estimate of drug-likeness (QED) is 0.918. The van der Waals surface area contributed by atoms with Gasteiger partial charge in [0.2, 0.25) is 5.91 Å². The van der Waals surface area contributed by atoms with Gasteiger partial charge in [0.05, 0.1) is 0 Å². The SMILES string of the molecule is O=C(NCc1ccc2c(c1)OCCO2)c1cccc(N2CCCC2=O)c1. The fourth-order valence-corrected chi connectivity index (χ4v) is 3.22. The summed E-state index contributed by atoms with van der Waals surface area (Å²) >= 11 is 0. The second kappa shape index (κ2) is 7.07. The first-order chi connectivity index (χ1) is 12.7. The van der Waals surface area contributed by atoms with Crippen LogP contribution in [0.4, 0.5) is 5.69 Å². The molecule has 2 aromatic carbocycles. The summed E-state index contributed by atoms with van der Waals surface area (Å²) in [7, 11) is 0. The van der Waals surface area contributed by atoms with Gasteiger partial charge in [-0.05, 0) is 42.3 Å². The van der Waals surface area contributed by atoms with E-state index in [2.05, 4.69) is 5.32 Å². The lowest BCUT2D eigenvalue weighted by molar-refractivity contribution is -0.117. The summed E-state index contributed by atoms with van der Waals surface area (Å²) in [6, 6.07) is 12.8. The van der Waals surface area contributed by atoms with Crippen molar-refractivity contribution in [2.45, 2.75) is 19.4 Å². The van der Waals surface area contributed by atoms with E-state index in [9.17, 15) is 9.59 Å². The molecule has 2 amide bonds. The Morgan fingerprint density at radius 3 is 2.73 bits per heavy atom. The number of nitrogens with one attached hydrogen (secondary N) is 1. The Morgan fingerprint density at radius 2 is 1.92 bits per heavy atom. The number of fused-ring (bicyclic) bond motifs is 1. The van der Waals surface area contributed by atoms with E-state index in [1.807, 2.05) is 24.3 Å². The normalized spacial score (nSPS) is 15.8. The van der Waals surface area contributed by atoms with Crippen LogP contribution in [-0.2, 0) is 11.3 Å². The van der Waals surface area contributed by atoms with Gasteiger partial charge in [0, 0.05) is 30.8 Å². The fraction of sp³-hybridized carbons (Fsp3) is 0.300. The Kier molecular flexibility index (Phi) is 4.48. The molecule has 1 N–H and O–H groups in total. The summed E-state index contributed by atoms with van der Waals surface area (Å²) < 4.78 is 11.1. The number of ether oxygens (including phenoxy) is 2. The van der Waals surface area contributed by atoms with Crippen molar-refractivity contribution in [1.82, 2.24) is 5.32 Å². The van der Waals surface area contributed by atoms with E-state index in [1.165, 1.54) is 0 Å². The molecule has 0 radical (unpaired) electrons. The molecule has 1 saturated heterocycles. The van der Waals surface area contributed by atoms with Gasteiger partial charge in [-0.15, -0.1) is 0 Å². The van der Waals surface area contributed by atoms with Crippen molar-refractivity contribution < 1.29 is 19.1 Å². The first-order valence-electron chi connectivity index (χ1n) is 8.78. The minimum absolute atomic E-state index is 0.110. The maximum atomic E-state index is 12.5. The highest BCUT2D eigenvalue weighted by molar-refractivity contribution is 5.99. The fourth-order valence-electron chi connectivity index (χ4n) is 3.22. The molecule has 0 unspecified atom stereocenters. The number of hydrogen-bond donors (Lipinski definition) is 1. The van der Waals surface area contributed by atoms with E-state index >= 15 is 0 Å². The van der Waals surface area contributed by atoms with Crippen LogP contribution in [0.1, 0.15) is 28.8 Å². The average Bonchev–Trinajstić information content (AvgIpc) is 3.12. The van der Waals surface area contributed by atoms with Crippen molar-refractivity contribution >= 4 is 17.5 Å². The van der Waals surface area contributed by atoms with Crippen molar-refractivity contribution in [3.8, 4) is 11.5 Å². The lowest BCUT2D eigenvalue weighted by atomic mass is 10.1. The Morgan fingerprint density at radius 1 is 1.08 bits per heavy atom. The number of hydrogen-bond acceptors (Lipinski definition) is 4. The van der Waals surface area contributed by atoms with Crippen LogP contribution in [0.2, 0.25) is 0 Å². The van der Waals surface area contributed by atoms with Crippen molar-refractivity contribution in [2.24, 2.45) is 0 Å². The Balaban J connectivity index is 1.43. The van der Waals surface area contributed by atoms with Gasteiger partial charge >= 0.3 is 0 Å². The van der Waals surface area contributed by atoms with Gasteiger partial charge < -0.3 is 19.7 Å². The summed E-state index contributed by atoms with van der Waals surface area (Å²) in [5.41, 5.74) is 2.26. The molecular weight excluding hydrogens is 332 g/mol. The zero-order chi connectivity index (χ0) is 17.9. The molecule has 0 aliphatic carbocycles.